The lowest BCUT2D eigenvalue weighted by molar-refractivity contribution is 0.477. The van der Waals surface area contributed by atoms with Crippen LogP contribution in [0.15, 0.2) is 78.9 Å². The molecule has 0 aliphatic rings. The third kappa shape index (κ3) is 3.12. The average Bonchev–Trinajstić information content (AvgIpc) is 3.05. The van der Waals surface area contributed by atoms with Gasteiger partial charge in [0.2, 0.25) is 0 Å². The molecule has 0 amide bonds. The van der Waals surface area contributed by atoms with Crippen LogP contribution in [0.1, 0.15) is 0 Å². The van der Waals surface area contributed by atoms with Crippen LogP contribution in [0.2, 0.25) is 0 Å². The van der Waals surface area contributed by atoms with E-state index >= 15 is 0 Å². The first-order valence-electron chi connectivity index (χ1n) is 6.94. The van der Waals surface area contributed by atoms with E-state index < -0.39 is 0 Å². The van der Waals surface area contributed by atoms with E-state index in [1.807, 2.05) is 72.8 Å². The van der Waals surface area contributed by atoms with Crippen LogP contribution in [0.4, 0.5) is 0 Å². The second-order valence-electron chi connectivity index (χ2n) is 4.71. The maximum atomic E-state index is 9.56. The first kappa shape index (κ1) is 13.8. The zero-order valence-corrected chi connectivity index (χ0v) is 11.8. The molecule has 108 valence electrons. The fourth-order valence-electron chi connectivity index (χ4n) is 2.12. The fourth-order valence-corrected chi connectivity index (χ4v) is 2.12. The van der Waals surface area contributed by atoms with E-state index in [-0.39, 0.29) is 0 Å². The summed E-state index contributed by atoms with van der Waals surface area (Å²) in [6, 6.07) is 24.9. The van der Waals surface area contributed by atoms with E-state index in [1.54, 1.807) is 6.07 Å². The van der Waals surface area contributed by atoms with Crippen LogP contribution in [-0.4, -0.2) is 20.5 Å². The number of aromatic nitrogens is 3. The van der Waals surface area contributed by atoms with E-state index in [1.165, 1.54) is 0 Å². The molecule has 0 aliphatic carbocycles. The van der Waals surface area contributed by atoms with Crippen LogP contribution in [-0.2, 0) is 0 Å². The molecule has 22 heavy (non-hydrogen) atoms. The number of fused-ring (bicyclic) bond motifs is 1. The number of hydrogen-bond acceptors (Lipinski definition) is 3. The predicted octanol–water partition coefficient (Wildman–Crippen LogP) is 4.02. The molecular weight excluding hydrogens is 274 g/mol. The molecule has 2 N–H and O–H groups in total. The largest absolute Gasteiger partial charge is 0.507 e. The summed E-state index contributed by atoms with van der Waals surface area (Å²) in [5.41, 5.74) is 3.82. The molecule has 0 bridgehead atoms. The van der Waals surface area contributed by atoms with Gasteiger partial charge in [-0.3, -0.25) is 5.10 Å². The van der Waals surface area contributed by atoms with Crippen LogP contribution < -0.4 is 0 Å². The molecule has 0 atom stereocenters. The van der Waals surface area contributed by atoms with Gasteiger partial charge in [0.25, 0.3) is 0 Å². The summed E-state index contributed by atoms with van der Waals surface area (Å²) < 4.78 is 0. The van der Waals surface area contributed by atoms with Crippen molar-refractivity contribution in [3.63, 3.8) is 0 Å². The van der Waals surface area contributed by atoms with Gasteiger partial charge in [-0.15, -0.1) is 5.10 Å². The van der Waals surface area contributed by atoms with E-state index in [9.17, 15) is 5.11 Å². The molecular formula is C18H15N3O. The molecule has 4 aromatic rings. The third-order valence-electron chi connectivity index (χ3n) is 3.22. The number of hydrogen-bond donors (Lipinski definition) is 2. The Morgan fingerprint density at radius 3 is 2.18 bits per heavy atom. The molecule has 0 unspecified atom stereocenters. The van der Waals surface area contributed by atoms with E-state index in [2.05, 4.69) is 15.4 Å². The Bertz CT molecular complexity index is 826. The monoisotopic (exact) mass is 289 g/mol. The van der Waals surface area contributed by atoms with Gasteiger partial charge in [0.15, 0.2) is 0 Å². The van der Waals surface area contributed by atoms with Crippen molar-refractivity contribution >= 4 is 11.0 Å². The minimum atomic E-state index is 0.328. The number of aromatic hydroxyl groups is 1. The Hall–Kier alpha value is -3.14. The van der Waals surface area contributed by atoms with Crippen LogP contribution >= 0.6 is 0 Å². The molecule has 4 heteroatoms. The lowest BCUT2D eigenvalue weighted by Gasteiger charge is -2.02. The molecule has 3 aromatic carbocycles. The number of nitrogens with zero attached hydrogens (tertiary/aromatic N) is 2. The van der Waals surface area contributed by atoms with E-state index in [0.717, 1.165) is 22.2 Å². The van der Waals surface area contributed by atoms with Gasteiger partial charge >= 0.3 is 0 Å². The number of phenolic OH excluding ortho intramolecular Hbond substituents is 1. The Kier molecular flexibility index (Phi) is 4.11. The molecule has 0 radical (unpaired) electrons. The highest BCUT2D eigenvalue weighted by Gasteiger charge is 2.00. The molecule has 0 saturated carbocycles. The maximum absolute atomic E-state index is 9.56. The molecule has 1 aromatic heterocycles. The van der Waals surface area contributed by atoms with Gasteiger partial charge in [-0.25, -0.2) is 0 Å². The number of benzene rings is 3. The SMILES string of the molecule is Oc1ccccc1-c1ccccc1.c1ccc2[nH]nnc2c1. The molecule has 0 saturated heterocycles. The minimum Gasteiger partial charge on any atom is -0.507 e. The summed E-state index contributed by atoms with van der Waals surface area (Å²) in [6.45, 7) is 0. The summed E-state index contributed by atoms with van der Waals surface area (Å²) in [5.74, 6) is 0.328. The standard InChI is InChI=1S/C12H10O.C6H5N3/c13-12-9-5-4-8-11(12)10-6-2-1-3-7-10;1-2-4-6-5(3-1)7-9-8-6/h1-9,13H;1-4H,(H,7,8,9). The number of H-pyrrole nitrogens is 1. The van der Waals surface area contributed by atoms with E-state index in [0.29, 0.717) is 5.75 Å². The van der Waals surface area contributed by atoms with Crippen molar-refractivity contribution in [3.8, 4) is 16.9 Å². The third-order valence-corrected chi connectivity index (χ3v) is 3.22. The molecule has 1 heterocycles. The van der Waals surface area contributed by atoms with Gasteiger partial charge in [-0.05, 0) is 23.8 Å². The molecule has 4 nitrogen and oxygen atoms in total. The van der Waals surface area contributed by atoms with Gasteiger partial charge in [0, 0.05) is 5.56 Å². The summed E-state index contributed by atoms with van der Waals surface area (Å²) in [5, 5.41) is 19.8. The normalized spacial score (nSPS) is 10.0. The number of rotatable bonds is 1. The second-order valence-corrected chi connectivity index (χ2v) is 4.71. The zero-order valence-electron chi connectivity index (χ0n) is 11.8. The first-order chi connectivity index (χ1) is 10.8. The number of nitrogens with one attached hydrogen (secondary N) is 1. The quantitative estimate of drug-likeness (QED) is 0.556. The highest BCUT2D eigenvalue weighted by Crippen LogP contribution is 2.27. The first-order valence-corrected chi connectivity index (χ1v) is 6.94. The molecule has 4 rings (SSSR count). The van der Waals surface area contributed by atoms with Crippen molar-refractivity contribution in [1.29, 1.82) is 0 Å². The van der Waals surface area contributed by atoms with Crippen LogP contribution in [0.3, 0.4) is 0 Å². The van der Waals surface area contributed by atoms with Gasteiger partial charge in [-0.2, -0.15) is 0 Å². The van der Waals surface area contributed by atoms with Crippen molar-refractivity contribution in [1.82, 2.24) is 15.4 Å². The van der Waals surface area contributed by atoms with Crippen LogP contribution in [0.25, 0.3) is 22.2 Å². The fraction of sp³-hybridized carbons (Fsp3) is 0. The number of para-hydroxylation sites is 2. The minimum absolute atomic E-state index is 0.328. The summed E-state index contributed by atoms with van der Waals surface area (Å²) in [6.07, 6.45) is 0. The van der Waals surface area contributed by atoms with Gasteiger partial charge in [0.1, 0.15) is 11.3 Å². The van der Waals surface area contributed by atoms with Crippen molar-refractivity contribution in [2.24, 2.45) is 0 Å². The van der Waals surface area contributed by atoms with Crippen molar-refractivity contribution in [2.45, 2.75) is 0 Å². The lowest BCUT2D eigenvalue weighted by Crippen LogP contribution is -1.76. The smallest absolute Gasteiger partial charge is 0.123 e. The molecule has 0 spiro atoms. The summed E-state index contributed by atoms with van der Waals surface area (Å²) >= 11 is 0. The van der Waals surface area contributed by atoms with Gasteiger partial charge in [-0.1, -0.05) is 65.9 Å². The van der Waals surface area contributed by atoms with Gasteiger partial charge < -0.3 is 5.11 Å². The zero-order chi connectivity index (χ0) is 15.2. The number of aromatic amines is 1. The van der Waals surface area contributed by atoms with Crippen LogP contribution in [0.5, 0.6) is 5.75 Å². The number of phenols is 1. The topological polar surface area (TPSA) is 61.8 Å². The highest BCUT2D eigenvalue weighted by molar-refractivity contribution is 5.72. The highest BCUT2D eigenvalue weighted by atomic mass is 16.3. The maximum Gasteiger partial charge on any atom is 0.123 e. The Labute approximate surface area is 128 Å². The van der Waals surface area contributed by atoms with Crippen LogP contribution in [0, 0.1) is 0 Å². The summed E-state index contributed by atoms with van der Waals surface area (Å²) in [7, 11) is 0. The van der Waals surface area contributed by atoms with Gasteiger partial charge in [0.05, 0.1) is 5.52 Å². The molecule has 0 aliphatic heterocycles. The van der Waals surface area contributed by atoms with Crippen molar-refractivity contribution < 1.29 is 5.11 Å². The van der Waals surface area contributed by atoms with Crippen molar-refractivity contribution in [3.05, 3.63) is 78.9 Å². The summed E-state index contributed by atoms with van der Waals surface area (Å²) in [4.78, 5) is 0. The Balaban J connectivity index is 0.000000139. The van der Waals surface area contributed by atoms with E-state index in [4.69, 9.17) is 0 Å². The Morgan fingerprint density at radius 1 is 0.727 bits per heavy atom. The lowest BCUT2D eigenvalue weighted by atomic mass is 10.1. The predicted molar refractivity (Wildman–Crippen MR) is 87.4 cm³/mol. The second kappa shape index (κ2) is 6.54. The molecule has 0 fully saturated rings. The van der Waals surface area contributed by atoms with Crippen molar-refractivity contribution in [2.75, 3.05) is 0 Å². The Morgan fingerprint density at radius 2 is 1.41 bits per heavy atom. The average molecular weight is 289 g/mol.